The maximum Gasteiger partial charge on any atom is 0.413 e. The summed E-state index contributed by atoms with van der Waals surface area (Å²) in [5.41, 5.74) is 0.446. The third-order valence-corrected chi connectivity index (χ3v) is 2.77. The van der Waals surface area contributed by atoms with Crippen molar-refractivity contribution in [1.82, 2.24) is 4.98 Å². The molecule has 0 bridgehead atoms. The molecule has 1 aromatic heterocycles. The minimum Gasteiger partial charge on any atom is -0.477 e. The highest BCUT2D eigenvalue weighted by Crippen LogP contribution is 2.23. The molecule has 0 saturated carbocycles. The van der Waals surface area contributed by atoms with Crippen LogP contribution in [0, 0.1) is 0 Å². The van der Waals surface area contributed by atoms with E-state index in [1.165, 1.54) is 6.08 Å². The van der Waals surface area contributed by atoms with Crippen LogP contribution >= 0.6 is 11.3 Å². The molecule has 0 atom stereocenters. The van der Waals surface area contributed by atoms with Crippen LogP contribution in [0.4, 0.5) is 9.93 Å². The quantitative estimate of drug-likeness (QED) is 0.788. The monoisotopic (exact) mass is 256 g/mol. The number of nitrogens with zero attached hydrogens (tertiary/aromatic N) is 1. The molecule has 0 aromatic carbocycles. The molecule has 1 amide bonds. The Hall–Kier alpha value is -1.89. The van der Waals surface area contributed by atoms with E-state index in [9.17, 15) is 9.59 Å². The maximum absolute atomic E-state index is 11.2. The number of thiazole rings is 1. The number of carboxylic acid groups (broad SMARTS) is 1. The predicted octanol–water partition coefficient (Wildman–Crippen LogP) is 2.14. The van der Waals surface area contributed by atoms with Crippen LogP contribution in [0.3, 0.4) is 0 Å². The molecule has 1 heterocycles. The molecular formula is C10H12N2O4S. The maximum atomic E-state index is 11.2. The fourth-order valence-corrected chi connectivity index (χ4v) is 1.95. The molecule has 0 aliphatic carbocycles. The largest absolute Gasteiger partial charge is 0.477 e. The van der Waals surface area contributed by atoms with Gasteiger partial charge in [0.05, 0.1) is 5.69 Å². The molecule has 7 heteroatoms. The lowest BCUT2D eigenvalue weighted by molar-refractivity contribution is 0.0700. The highest BCUT2D eigenvalue weighted by Gasteiger charge is 2.17. The molecule has 0 aliphatic rings. The number of carbonyl (C=O) groups is 2. The lowest BCUT2D eigenvalue weighted by atomic mass is 10.3. The minimum atomic E-state index is -1.05. The van der Waals surface area contributed by atoms with E-state index >= 15 is 0 Å². The number of ether oxygens (including phenoxy) is 1. The number of carbonyl (C=O) groups excluding carboxylic acids is 1. The smallest absolute Gasteiger partial charge is 0.413 e. The van der Waals surface area contributed by atoms with Gasteiger partial charge in [0.15, 0.2) is 5.13 Å². The molecule has 0 aliphatic heterocycles. The van der Waals surface area contributed by atoms with Crippen LogP contribution in [0.1, 0.15) is 22.3 Å². The molecule has 0 saturated heterocycles. The fraction of sp³-hybridized carbons (Fsp3) is 0.300. The van der Waals surface area contributed by atoms with Gasteiger partial charge in [0.25, 0.3) is 0 Å². The lowest BCUT2D eigenvalue weighted by Crippen LogP contribution is -2.13. The van der Waals surface area contributed by atoms with Gasteiger partial charge >= 0.3 is 12.1 Å². The summed E-state index contributed by atoms with van der Waals surface area (Å²) >= 11 is 0.906. The van der Waals surface area contributed by atoms with Crippen LogP contribution in [0.25, 0.3) is 0 Å². The molecule has 2 N–H and O–H groups in total. The normalized spacial score (nSPS) is 9.71. The second-order valence-corrected chi connectivity index (χ2v) is 3.96. The number of hydrogen-bond acceptors (Lipinski definition) is 5. The zero-order chi connectivity index (χ0) is 12.8. The Labute approximate surface area is 102 Å². The summed E-state index contributed by atoms with van der Waals surface area (Å²) in [6, 6.07) is 0. The van der Waals surface area contributed by atoms with Gasteiger partial charge in [-0.15, -0.1) is 0 Å². The van der Waals surface area contributed by atoms with E-state index in [0.29, 0.717) is 12.1 Å². The third kappa shape index (κ3) is 3.56. The molecular weight excluding hydrogens is 244 g/mol. The molecule has 1 aromatic rings. The number of amides is 1. The first-order valence-electron chi connectivity index (χ1n) is 4.86. The summed E-state index contributed by atoms with van der Waals surface area (Å²) in [6.45, 7) is 5.28. The van der Waals surface area contributed by atoms with Crippen molar-refractivity contribution in [2.45, 2.75) is 13.3 Å². The van der Waals surface area contributed by atoms with Crippen LogP contribution in [-0.4, -0.2) is 28.8 Å². The van der Waals surface area contributed by atoms with Crippen molar-refractivity contribution in [2.24, 2.45) is 0 Å². The Bertz CT molecular complexity index is 442. The van der Waals surface area contributed by atoms with E-state index in [4.69, 9.17) is 5.11 Å². The number of aromatic carboxylic acids is 1. The third-order valence-electron chi connectivity index (χ3n) is 1.77. The zero-order valence-corrected chi connectivity index (χ0v) is 10.0. The van der Waals surface area contributed by atoms with E-state index in [1.54, 1.807) is 6.92 Å². The fourth-order valence-electron chi connectivity index (χ4n) is 1.07. The van der Waals surface area contributed by atoms with Crippen molar-refractivity contribution < 1.29 is 19.4 Å². The average molecular weight is 256 g/mol. The second kappa shape index (κ2) is 6.00. The van der Waals surface area contributed by atoms with Crippen LogP contribution in [0.15, 0.2) is 12.7 Å². The average Bonchev–Trinajstić information content (AvgIpc) is 2.69. The van der Waals surface area contributed by atoms with E-state index in [-0.39, 0.29) is 16.6 Å². The zero-order valence-electron chi connectivity index (χ0n) is 9.23. The van der Waals surface area contributed by atoms with E-state index in [1.807, 2.05) is 0 Å². The Morgan fingerprint density at radius 1 is 1.65 bits per heavy atom. The topological polar surface area (TPSA) is 88.5 Å². The predicted molar refractivity (Wildman–Crippen MR) is 63.6 cm³/mol. The summed E-state index contributed by atoms with van der Waals surface area (Å²) in [6.07, 6.45) is 1.24. The second-order valence-electron chi connectivity index (χ2n) is 2.97. The van der Waals surface area contributed by atoms with Crippen molar-refractivity contribution in [2.75, 3.05) is 11.9 Å². The molecule has 0 fully saturated rings. The van der Waals surface area contributed by atoms with Gasteiger partial charge < -0.3 is 9.84 Å². The van der Waals surface area contributed by atoms with E-state index in [0.717, 1.165) is 11.3 Å². The summed E-state index contributed by atoms with van der Waals surface area (Å²) in [5, 5.41) is 11.5. The standard InChI is InChI=1S/C10H12N2O4S/c1-3-5-16-10(15)12-9-11-6(4-2)7(17-9)8(13)14/h3H,1,4-5H2,2H3,(H,13,14)(H,11,12,15). The lowest BCUT2D eigenvalue weighted by Gasteiger charge is -2.00. The first kappa shape index (κ1) is 13.2. The van der Waals surface area contributed by atoms with Crippen LogP contribution in [0.5, 0.6) is 0 Å². The van der Waals surface area contributed by atoms with Gasteiger partial charge in [-0.3, -0.25) is 5.32 Å². The van der Waals surface area contributed by atoms with Gasteiger partial charge in [-0.1, -0.05) is 30.9 Å². The van der Waals surface area contributed by atoms with Gasteiger partial charge in [0.2, 0.25) is 0 Å². The molecule has 1 rings (SSSR count). The number of carboxylic acids is 1. The summed E-state index contributed by atoms with van der Waals surface area (Å²) in [7, 11) is 0. The van der Waals surface area contributed by atoms with Gasteiger partial charge in [0, 0.05) is 0 Å². The SMILES string of the molecule is C=CCOC(=O)Nc1nc(CC)c(C(=O)O)s1. The van der Waals surface area contributed by atoms with Gasteiger partial charge in [-0.25, -0.2) is 14.6 Å². The Morgan fingerprint density at radius 2 is 2.35 bits per heavy atom. The van der Waals surface area contributed by atoms with Crippen LogP contribution < -0.4 is 5.32 Å². The number of hydrogen-bond donors (Lipinski definition) is 2. The Morgan fingerprint density at radius 3 is 2.82 bits per heavy atom. The molecule has 6 nitrogen and oxygen atoms in total. The highest BCUT2D eigenvalue weighted by molar-refractivity contribution is 7.17. The first-order valence-corrected chi connectivity index (χ1v) is 5.67. The first-order chi connectivity index (χ1) is 8.08. The number of rotatable bonds is 5. The van der Waals surface area contributed by atoms with Crippen molar-refractivity contribution in [3.05, 3.63) is 23.2 Å². The van der Waals surface area contributed by atoms with Crippen molar-refractivity contribution >= 4 is 28.5 Å². The van der Waals surface area contributed by atoms with Crippen molar-refractivity contribution in [3.63, 3.8) is 0 Å². The van der Waals surface area contributed by atoms with Gasteiger partial charge in [0.1, 0.15) is 11.5 Å². The van der Waals surface area contributed by atoms with Crippen LogP contribution in [0.2, 0.25) is 0 Å². The molecule has 17 heavy (non-hydrogen) atoms. The number of nitrogens with one attached hydrogen (secondary N) is 1. The van der Waals surface area contributed by atoms with Gasteiger partial charge in [-0.2, -0.15) is 0 Å². The molecule has 0 spiro atoms. The molecule has 92 valence electrons. The Balaban J connectivity index is 2.75. The number of aryl methyl sites for hydroxylation is 1. The summed E-state index contributed by atoms with van der Waals surface area (Å²) in [4.78, 5) is 26.2. The highest BCUT2D eigenvalue weighted by atomic mass is 32.1. The van der Waals surface area contributed by atoms with Crippen molar-refractivity contribution in [3.8, 4) is 0 Å². The van der Waals surface area contributed by atoms with Crippen LogP contribution in [-0.2, 0) is 11.2 Å². The molecule has 0 unspecified atom stereocenters. The minimum absolute atomic E-state index is 0.0869. The summed E-state index contributed by atoms with van der Waals surface area (Å²) in [5.74, 6) is -1.05. The number of aromatic nitrogens is 1. The van der Waals surface area contributed by atoms with Gasteiger partial charge in [-0.05, 0) is 6.42 Å². The molecule has 0 radical (unpaired) electrons. The Kier molecular flexibility index (Phi) is 4.65. The van der Waals surface area contributed by atoms with E-state index < -0.39 is 12.1 Å². The summed E-state index contributed by atoms with van der Waals surface area (Å²) < 4.78 is 4.69. The van der Waals surface area contributed by atoms with Crippen molar-refractivity contribution in [1.29, 1.82) is 0 Å². The number of anilines is 1. The van der Waals surface area contributed by atoms with E-state index in [2.05, 4.69) is 21.6 Å².